The first kappa shape index (κ1) is 11.4. The molecule has 2 heteroatoms. The first-order valence-electron chi connectivity index (χ1n) is 6.53. The number of nitrogens with one attached hydrogen (secondary N) is 1. The fraction of sp³-hybridized carbons (Fsp3) is 1.00. The lowest BCUT2D eigenvalue weighted by atomic mass is 9.76. The molecule has 1 aliphatic heterocycles. The Balaban J connectivity index is 1.99. The molecule has 1 aliphatic carbocycles. The van der Waals surface area contributed by atoms with Gasteiger partial charge in [0.25, 0.3) is 0 Å². The van der Waals surface area contributed by atoms with Gasteiger partial charge in [0.15, 0.2) is 0 Å². The quantitative estimate of drug-likeness (QED) is 0.720. The smallest absolute Gasteiger partial charge is 0.0810 e. The summed E-state index contributed by atoms with van der Waals surface area (Å²) in [7, 11) is 0. The van der Waals surface area contributed by atoms with Gasteiger partial charge in [-0.25, -0.2) is 0 Å². The van der Waals surface area contributed by atoms with Crippen LogP contribution in [-0.4, -0.2) is 24.3 Å². The van der Waals surface area contributed by atoms with Crippen molar-refractivity contribution < 1.29 is 4.74 Å². The third kappa shape index (κ3) is 2.36. The second-order valence-electron chi connectivity index (χ2n) is 5.64. The summed E-state index contributed by atoms with van der Waals surface area (Å²) in [6.07, 6.45) is 7.29. The van der Waals surface area contributed by atoms with Crippen LogP contribution < -0.4 is 5.32 Å². The highest BCUT2D eigenvalue weighted by Gasteiger charge is 2.41. The van der Waals surface area contributed by atoms with Gasteiger partial charge < -0.3 is 10.1 Å². The summed E-state index contributed by atoms with van der Waals surface area (Å²) in [5, 5.41) is 3.59. The SMILES string of the molecule is CC1NCC(C)(C2CCCCC2)OC1C. The molecule has 2 rings (SSSR count). The Morgan fingerprint density at radius 1 is 1.13 bits per heavy atom. The van der Waals surface area contributed by atoms with Crippen LogP contribution in [0, 0.1) is 5.92 Å². The fourth-order valence-corrected chi connectivity index (χ4v) is 3.05. The molecule has 2 fully saturated rings. The molecule has 1 saturated heterocycles. The molecule has 0 aromatic rings. The van der Waals surface area contributed by atoms with Crippen LogP contribution in [0.3, 0.4) is 0 Å². The fourth-order valence-electron chi connectivity index (χ4n) is 3.05. The average Bonchev–Trinajstić information content (AvgIpc) is 2.26. The summed E-state index contributed by atoms with van der Waals surface area (Å²) < 4.78 is 6.26. The van der Waals surface area contributed by atoms with Gasteiger partial charge in [0, 0.05) is 12.6 Å². The Bertz CT molecular complexity index is 213. The number of hydrogen-bond acceptors (Lipinski definition) is 2. The van der Waals surface area contributed by atoms with E-state index >= 15 is 0 Å². The van der Waals surface area contributed by atoms with Crippen molar-refractivity contribution in [3.05, 3.63) is 0 Å². The lowest BCUT2D eigenvalue weighted by Crippen LogP contribution is -2.59. The van der Waals surface area contributed by atoms with E-state index in [-0.39, 0.29) is 5.60 Å². The average molecular weight is 211 g/mol. The minimum atomic E-state index is 0.0896. The van der Waals surface area contributed by atoms with Gasteiger partial charge in [0.05, 0.1) is 11.7 Å². The van der Waals surface area contributed by atoms with Crippen molar-refractivity contribution in [1.82, 2.24) is 5.32 Å². The molecule has 2 aliphatic rings. The molecule has 2 nitrogen and oxygen atoms in total. The molecule has 3 unspecified atom stereocenters. The molecular weight excluding hydrogens is 186 g/mol. The van der Waals surface area contributed by atoms with Crippen molar-refractivity contribution >= 4 is 0 Å². The Kier molecular flexibility index (Phi) is 3.36. The van der Waals surface area contributed by atoms with Crippen LogP contribution in [0.4, 0.5) is 0 Å². The van der Waals surface area contributed by atoms with Gasteiger partial charge >= 0.3 is 0 Å². The molecule has 15 heavy (non-hydrogen) atoms. The Labute approximate surface area is 93.8 Å². The maximum absolute atomic E-state index is 6.26. The standard InChI is InChI=1S/C13H25NO/c1-10-11(2)15-13(3,9-14-10)12-7-5-4-6-8-12/h10-12,14H,4-9H2,1-3H3. The first-order valence-corrected chi connectivity index (χ1v) is 6.53. The van der Waals surface area contributed by atoms with Gasteiger partial charge in [-0.3, -0.25) is 0 Å². The van der Waals surface area contributed by atoms with Crippen molar-refractivity contribution in [2.24, 2.45) is 5.92 Å². The Hall–Kier alpha value is -0.0800. The highest BCUT2D eigenvalue weighted by atomic mass is 16.5. The lowest BCUT2D eigenvalue weighted by Gasteiger charge is -2.47. The first-order chi connectivity index (χ1) is 7.12. The number of rotatable bonds is 1. The van der Waals surface area contributed by atoms with E-state index in [1.807, 2.05) is 0 Å². The monoisotopic (exact) mass is 211 g/mol. The van der Waals surface area contributed by atoms with E-state index in [0.717, 1.165) is 12.5 Å². The summed E-state index contributed by atoms with van der Waals surface area (Å²) in [5.74, 6) is 0.772. The van der Waals surface area contributed by atoms with E-state index in [0.29, 0.717) is 12.1 Å². The van der Waals surface area contributed by atoms with E-state index in [9.17, 15) is 0 Å². The van der Waals surface area contributed by atoms with Crippen LogP contribution in [0.15, 0.2) is 0 Å². The Morgan fingerprint density at radius 2 is 1.80 bits per heavy atom. The minimum Gasteiger partial charge on any atom is -0.369 e. The molecule has 0 radical (unpaired) electrons. The van der Waals surface area contributed by atoms with Crippen molar-refractivity contribution in [1.29, 1.82) is 0 Å². The molecule has 0 spiro atoms. The van der Waals surface area contributed by atoms with Gasteiger partial charge in [-0.15, -0.1) is 0 Å². The van der Waals surface area contributed by atoms with Gasteiger partial charge in [-0.05, 0) is 39.5 Å². The molecule has 0 amide bonds. The normalized spacial score (nSPS) is 44.2. The van der Waals surface area contributed by atoms with Crippen LogP contribution in [0.1, 0.15) is 52.9 Å². The summed E-state index contributed by atoms with van der Waals surface area (Å²) in [5.41, 5.74) is 0.0896. The van der Waals surface area contributed by atoms with Crippen molar-refractivity contribution in [3.8, 4) is 0 Å². The molecule has 0 aromatic heterocycles. The van der Waals surface area contributed by atoms with Crippen LogP contribution >= 0.6 is 0 Å². The molecular formula is C13H25NO. The molecule has 0 aromatic carbocycles. The second-order valence-corrected chi connectivity index (χ2v) is 5.64. The number of hydrogen-bond donors (Lipinski definition) is 1. The van der Waals surface area contributed by atoms with Crippen molar-refractivity contribution in [3.63, 3.8) is 0 Å². The largest absolute Gasteiger partial charge is 0.369 e. The van der Waals surface area contributed by atoms with E-state index in [2.05, 4.69) is 26.1 Å². The molecule has 0 bridgehead atoms. The van der Waals surface area contributed by atoms with E-state index in [1.165, 1.54) is 32.1 Å². The van der Waals surface area contributed by atoms with Crippen LogP contribution in [0.2, 0.25) is 0 Å². The molecule has 1 heterocycles. The van der Waals surface area contributed by atoms with Gasteiger partial charge in [0.2, 0.25) is 0 Å². The summed E-state index contributed by atoms with van der Waals surface area (Å²) in [4.78, 5) is 0. The van der Waals surface area contributed by atoms with E-state index in [1.54, 1.807) is 0 Å². The maximum atomic E-state index is 6.26. The molecule has 1 N–H and O–H groups in total. The summed E-state index contributed by atoms with van der Waals surface area (Å²) in [6.45, 7) is 7.74. The zero-order valence-corrected chi connectivity index (χ0v) is 10.4. The minimum absolute atomic E-state index is 0.0896. The lowest BCUT2D eigenvalue weighted by molar-refractivity contribution is -0.150. The van der Waals surface area contributed by atoms with Gasteiger partial charge in [-0.1, -0.05) is 19.3 Å². The second kappa shape index (κ2) is 4.42. The zero-order valence-electron chi connectivity index (χ0n) is 10.4. The van der Waals surface area contributed by atoms with Gasteiger partial charge in [0.1, 0.15) is 0 Å². The van der Waals surface area contributed by atoms with Crippen LogP contribution in [-0.2, 0) is 4.74 Å². The van der Waals surface area contributed by atoms with Crippen LogP contribution in [0.25, 0.3) is 0 Å². The van der Waals surface area contributed by atoms with E-state index in [4.69, 9.17) is 4.74 Å². The van der Waals surface area contributed by atoms with Crippen molar-refractivity contribution in [2.45, 2.75) is 70.6 Å². The number of morpholine rings is 1. The highest BCUT2D eigenvalue weighted by molar-refractivity contribution is 4.93. The van der Waals surface area contributed by atoms with E-state index < -0.39 is 0 Å². The number of ether oxygens (including phenoxy) is 1. The third-order valence-corrected chi connectivity index (χ3v) is 4.40. The topological polar surface area (TPSA) is 21.3 Å². The zero-order chi connectivity index (χ0) is 10.9. The Morgan fingerprint density at radius 3 is 2.40 bits per heavy atom. The van der Waals surface area contributed by atoms with Gasteiger partial charge in [-0.2, -0.15) is 0 Å². The summed E-state index contributed by atoms with van der Waals surface area (Å²) >= 11 is 0. The predicted molar refractivity (Wildman–Crippen MR) is 63.0 cm³/mol. The predicted octanol–water partition coefficient (Wildman–Crippen LogP) is 2.72. The molecule has 88 valence electrons. The molecule has 3 atom stereocenters. The summed E-state index contributed by atoms with van der Waals surface area (Å²) in [6, 6.07) is 0.502. The van der Waals surface area contributed by atoms with Crippen molar-refractivity contribution in [2.75, 3.05) is 6.54 Å². The third-order valence-electron chi connectivity index (χ3n) is 4.40. The highest BCUT2D eigenvalue weighted by Crippen LogP contribution is 2.37. The molecule has 1 saturated carbocycles. The van der Waals surface area contributed by atoms with Crippen LogP contribution in [0.5, 0.6) is 0 Å². The maximum Gasteiger partial charge on any atom is 0.0810 e.